The Bertz CT molecular complexity index is 270. The summed E-state index contributed by atoms with van der Waals surface area (Å²) in [4.78, 5) is 26.7. The third-order valence-corrected chi connectivity index (χ3v) is 2.93. The minimum Gasteiger partial charge on any atom is -0.343 e. The number of nitrogens with one attached hydrogen (secondary N) is 1. The van der Waals surface area contributed by atoms with Crippen molar-refractivity contribution in [1.82, 2.24) is 15.2 Å². The van der Waals surface area contributed by atoms with Crippen LogP contribution in [0, 0.1) is 0 Å². The third-order valence-electron chi connectivity index (χ3n) is 2.93. The van der Waals surface area contributed by atoms with Gasteiger partial charge in [0.25, 0.3) is 5.91 Å². The SMILES string of the molecule is CCCC(C(=O)NN)N1CCN(C)C(=O)C1. The van der Waals surface area contributed by atoms with Crippen molar-refractivity contribution in [1.29, 1.82) is 0 Å². The summed E-state index contributed by atoms with van der Waals surface area (Å²) in [5, 5.41) is 0. The zero-order valence-electron chi connectivity index (χ0n) is 9.90. The average Bonchev–Trinajstić information content (AvgIpc) is 2.29. The molecule has 1 fully saturated rings. The van der Waals surface area contributed by atoms with E-state index in [-0.39, 0.29) is 17.9 Å². The Morgan fingerprint density at radius 2 is 2.25 bits per heavy atom. The molecule has 0 aromatic heterocycles. The summed E-state index contributed by atoms with van der Waals surface area (Å²) < 4.78 is 0. The van der Waals surface area contributed by atoms with Crippen molar-refractivity contribution in [3.05, 3.63) is 0 Å². The molecule has 0 radical (unpaired) electrons. The Balaban J connectivity index is 2.64. The number of piperazine rings is 1. The lowest BCUT2D eigenvalue weighted by Gasteiger charge is -2.36. The van der Waals surface area contributed by atoms with Crippen LogP contribution >= 0.6 is 0 Å². The van der Waals surface area contributed by atoms with E-state index in [0.717, 1.165) is 19.4 Å². The van der Waals surface area contributed by atoms with Crippen LogP contribution in [-0.4, -0.2) is 54.3 Å². The Morgan fingerprint density at radius 3 is 2.75 bits per heavy atom. The fourth-order valence-corrected chi connectivity index (χ4v) is 1.89. The summed E-state index contributed by atoms with van der Waals surface area (Å²) >= 11 is 0. The molecule has 92 valence electrons. The van der Waals surface area contributed by atoms with Gasteiger partial charge < -0.3 is 4.90 Å². The molecule has 6 nitrogen and oxygen atoms in total. The zero-order chi connectivity index (χ0) is 12.1. The van der Waals surface area contributed by atoms with Gasteiger partial charge in [0.1, 0.15) is 0 Å². The maximum Gasteiger partial charge on any atom is 0.251 e. The molecule has 1 heterocycles. The molecule has 0 aliphatic carbocycles. The fraction of sp³-hybridized carbons (Fsp3) is 0.800. The molecule has 0 bridgehead atoms. The Kier molecular flexibility index (Phi) is 4.70. The largest absolute Gasteiger partial charge is 0.343 e. The van der Waals surface area contributed by atoms with Crippen molar-refractivity contribution in [3.63, 3.8) is 0 Å². The van der Waals surface area contributed by atoms with E-state index in [2.05, 4.69) is 5.43 Å². The summed E-state index contributed by atoms with van der Waals surface area (Å²) in [5.41, 5.74) is 2.17. The van der Waals surface area contributed by atoms with Crippen LogP contribution in [0.3, 0.4) is 0 Å². The molecule has 0 aromatic carbocycles. The molecule has 16 heavy (non-hydrogen) atoms. The number of nitrogens with zero attached hydrogens (tertiary/aromatic N) is 2. The molecule has 2 amide bonds. The number of hydrazine groups is 1. The molecule has 1 rings (SSSR count). The second-order valence-corrected chi connectivity index (χ2v) is 4.10. The van der Waals surface area contributed by atoms with E-state index in [9.17, 15) is 9.59 Å². The first-order chi connectivity index (χ1) is 7.60. The highest BCUT2D eigenvalue weighted by molar-refractivity contribution is 5.83. The van der Waals surface area contributed by atoms with Gasteiger partial charge in [0.05, 0.1) is 12.6 Å². The summed E-state index contributed by atoms with van der Waals surface area (Å²) in [6.45, 7) is 3.69. The molecule has 3 N–H and O–H groups in total. The zero-order valence-corrected chi connectivity index (χ0v) is 9.90. The van der Waals surface area contributed by atoms with E-state index >= 15 is 0 Å². The van der Waals surface area contributed by atoms with Crippen LogP contribution < -0.4 is 11.3 Å². The van der Waals surface area contributed by atoms with Gasteiger partial charge in [0, 0.05) is 20.1 Å². The van der Waals surface area contributed by atoms with E-state index in [1.54, 1.807) is 11.9 Å². The van der Waals surface area contributed by atoms with Crippen LogP contribution in [0.5, 0.6) is 0 Å². The number of nitrogens with two attached hydrogens (primary N) is 1. The predicted octanol–water partition coefficient (Wildman–Crippen LogP) is -1.08. The van der Waals surface area contributed by atoms with Crippen LogP contribution in [-0.2, 0) is 9.59 Å². The Labute approximate surface area is 95.7 Å². The van der Waals surface area contributed by atoms with Crippen molar-refractivity contribution in [3.8, 4) is 0 Å². The number of likely N-dealkylation sites (N-methyl/N-ethyl adjacent to an activating group) is 1. The van der Waals surface area contributed by atoms with Gasteiger partial charge in [-0.25, -0.2) is 5.84 Å². The topological polar surface area (TPSA) is 78.7 Å². The molecule has 0 spiro atoms. The molecule has 0 aromatic rings. The van der Waals surface area contributed by atoms with Crippen molar-refractivity contribution in [2.75, 3.05) is 26.7 Å². The average molecular weight is 228 g/mol. The third kappa shape index (κ3) is 2.93. The van der Waals surface area contributed by atoms with Gasteiger partial charge in [-0.2, -0.15) is 0 Å². The van der Waals surface area contributed by atoms with Crippen LogP contribution in [0.15, 0.2) is 0 Å². The molecule has 1 atom stereocenters. The highest BCUT2D eigenvalue weighted by Gasteiger charge is 2.30. The van der Waals surface area contributed by atoms with E-state index in [1.165, 1.54) is 0 Å². The van der Waals surface area contributed by atoms with Gasteiger partial charge in [-0.3, -0.25) is 19.9 Å². The van der Waals surface area contributed by atoms with E-state index in [0.29, 0.717) is 13.1 Å². The first kappa shape index (κ1) is 12.9. The van der Waals surface area contributed by atoms with Crippen LogP contribution in [0.25, 0.3) is 0 Å². The number of carbonyl (C=O) groups excluding carboxylic acids is 2. The molecule has 1 unspecified atom stereocenters. The minimum atomic E-state index is -0.285. The second-order valence-electron chi connectivity index (χ2n) is 4.10. The maximum absolute atomic E-state index is 11.6. The number of hydrogen-bond acceptors (Lipinski definition) is 4. The van der Waals surface area contributed by atoms with E-state index in [1.807, 2.05) is 11.8 Å². The van der Waals surface area contributed by atoms with Gasteiger partial charge in [-0.1, -0.05) is 13.3 Å². The van der Waals surface area contributed by atoms with Gasteiger partial charge in [0.15, 0.2) is 0 Å². The second kappa shape index (κ2) is 5.81. The highest BCUT2D eigenvalue weighted by Crippen LogP contribution is 2.11. The quantitative estimate of drug-likeness (QED) is 0.364. The van der Waals surface area contributed by atoms with Crippen LogP contribution in [0.2, 0.25) is 0 Å². The first-order valence-corrected chi connectivity index (χ1v) is 5.58. The van der Waals surface area contributed by atoms with Crippen molar-refractivity contribution in [2.45, 2.75) is 25.8 Å². The Hall–Kier alpha value is -1.14. The van der Waals surface area contributed by atoms with Crippen LogP contribution in [0.1, 0.15) is 19.8 Å². The molecule has 1 saturated heterocycles. The summed E-state index contributed by atoms with van der Waals surface area (Å²) in [6, 6.07) is -0.285. The smallest absolute Gasteiger partial charge is 0.251 e. The van der Waals surface area contributed by atoms with Crippen molar-refractivity contribution < 1.29 is 9.59 Å². The summed E-state index contributed by atoms with van der Waals surface area (Å²) in [5.74, 6) is 4.99. The Morgan fingerprint density at radius 1 is 1.56 bits per heavy atom. The minimum absolute atomic E-state index is 0.0529. The normalized spacial score (nSPS) is 19.7. The number of carbonyl (C=O) groups is 2. The van der Waals surface area contributed by atoms with E-state index in [4.69, 9.17) is 5.84 Å². The predicted molar refractivity (Wildman–Crippen MR) is 60.2 cm³/mol. The highest BCUT2D eigenvalue weighted by atomic mass is 16.2. The number of amides is 2. The monoisotopic (exact) mass is 228 g/mol. The van der Waals surface area contributed by atoms with Gasteiger partial charge in [0.2, 0.25) is 5.91 Å². The number of rotatable bonds is 4. The standard InChI is InChI=1S/C10H20N4O2/c1-3-4-8(10(16)12-11)14-6-5-13(2)9(15)7-14/h8H,3-7,11H2,1-2H3,(H,12,16). The van der Waals surface area contributed by atoms with Gasteiger partial charge >= 0.3 is 0 Å². The van der Waals surface area contributed by atoms with Gasteiger partial charge in [-0.05, 0) is 6.42 Å². The molecule has 1 aliphatic heterocycles. The maximum atomic E-state index is 11.6. The molecule has 6 heteroatoms. The molecular weight excluding hydrogens is 208 g/mol. The fourth-order valence-electron chi connectivity index (χ4n) is 1.89. The number of hydrogen-bond donors (Lipinski definition) is 2. The lowest BCUT2D eigenvalue weighted by atomic mass is 10.1. The first-order valence-electron chi connectivity index (χ1n) is 5.58. The van der Waals surface area contributed by atoms with E-state index < -0.39 is 0 Å². The van der Waals surface area contributed by atoms with Crippen molar-refractivity contribution >= 4 is 11.8 Å². The van der Waals surface area contributed by atoms with Crippen LogP contribution in [0.4, 0.5) is 0 Å². The molecule has 0 saturated carbocycles. The molecular formula is C10H20N4O2. The van der Waals surface area contributed by atoms with Crippen molar-refractivity contribution in [2.24, 2.45) is 5.84 Å². The molecule has 1 aliphatic rings. The summed E-state index contributed by atoms with van der Waals surface area (Å²) in [7, 11) is 1.78. The van der Waals surface area contributed by atoms with Gasteiger partial charge in [-0.15, -0.1) is 0 Å². The summed E-state index contributed by atoms with van der Waals surface area (Å²) in [6.07, 6.45) is 1.61. The lowest BCUT2D eigenvalue weighted by Crippen LogP contribution is -2.57. The lowest BCUT2D eigenvalue weighted by molar-refractivity contribution is -0.138.